The molecule has 1 fully saturated rings. The average molecular weight is 445 g/mol. The predicted molar refractivity (Wildman–Crippen MR) is 124 cm³/mol. The van der Waals surface area contributed by atoms with Crippen molar-refractivity contribution in [1.29, 1.82) is 0 Å². The van der Waals surface area contributed by atoms with Crippen LogP contribution in [-0.4, -0.2) is 39.8 Å². The van der Waals surface area contributed by atoms with Crippen molar-refractivity contribution >= 4 is 22.6 Å². The molecule has 0 saturated carbocycles. The van der Waals surface area contributed by atoms with E-state index >= 15 is 0 Å². The predicted octanol–water partition coefficient (Wildman–Crippen LogP) is 4.14. The Labute approximate surface area is 190 Å². The summed E-state index contributed by atoms with van der Waals surface area (Å²) in [5, 5.41) is 10.7. The maximum atomic E-state index is 13.7. The number of aliphatic hydroxyl groups excluding tert-OH is 1. The van der Waals surface area contributed by atoms with Gasteiger partial charge in [0.15, 0.2) is 0 Å². The van der Waals surface area contributed by atoms with E-state index in [0.29, 0.717) is 18.0 Å². The number of halogens is 1. The summed E-state index contributed by atoms with van der Waals surface area (Å²) in [6, 6.07) is 23.1. The highest BCUT2D eigenvalue weighted by molar-refractivity contribution is 5.96. The Hall–Kier alpha value is -3.71. The van der Waals surface area contributed by atoms with E-state index in [1.54, 1.807) is 17.0 Å². The number of fused-ring (bicyclic) bond motifs is 1. The van der Waals surface area contributed by atoms with Crippen LogP contribution < -0.4 is 9.64 Å². The normalized spacial score (nSPS) is 17.0. The van der Waals surface area contributed by atoms with Crippen LogP contribution in [0.3, 0.4) is 0 Å². The molecule has 2 heterocycles. The molecule has 168 valence electrons. The minimum atomic E-state index is -0.766. The smallest absolute Gasteiger partial charge is 0.227 e. The van der Waals surface area contributed by atoms with Crippen LogP contribution in [0.2, 0.25) is 0 Å². The molecule has 2 atom stereocenters. The van der Waals surface area contributed by atoms with Gasteiger partial charge in [-0.1, -0.05) is 36.4 Å². The number of hydrogen-bond donors (Lipinski definition) is 1. The van der Waals surface area contributed by atoms with Crippen LogP contribution in [0.1, 0.15) is 18.2 Å². The second-order valence-electron chi connectivity index (χ2n) is 8.23. The minimum Gasteiger partial charge on any atom is -0.491 e. The fourth-order valence-electron chi connectivity index (χ4n) is 4.34. The summed E-state index contributed by atoms with van der Waals surface area (Å²) in [5.41, 5.74) is 2.24. The molecule has 0 aliphatic carbocycles. The van der Waals surface area contributed by atoms with E-state index < -0.39 is 6.10 Å². The van der Waals surface area contributed by atoms with E-state index in [2.05, 4.69) is 0 Å². The monoisotopic (exact) mass is 445 g/mol. The minimum absolute atomic E-state index is 0.0721. The van der Waals surface area contributed by atoms with Gasteiger partial charge in [0.1, 0.15) is 30.1 Å². The highest BCUT2D eigenvalue weighted by Crippen LogP contribution is 2.33. The Kier molecular flexibility index (Phi) is 5.79. The number of rotatable bonds is 7. The summed E-state index contributed by atoms with van der Waals surface area (Å²) < 4.78 is 21.4. The third-order valence-electron chi connectivity index (χ3n) is 5.87. The molecule has 0 radical (unpaired) electrons. The van der Waals surface area contributed by atoms with Gasteiger partial charge in [-0.25, -0.2) is 9.37 Å². The molecule has 1 aliphatic heterocycles. The standard InChI is InChI=1S/C26H24FN3O3/c27-19-7-6-8-20(14-19)29-15-18(13-25(29)32)26-28-23-11-4-5-12-24(23)30(26)16-21(31)17-33-22-9-2-1-3-10-22/h1-12,14,18,21,31H,13,15-17H2/t18-,21-/m0/s1. The molecule has 6 nitrogen and oxygen atoms in total. The zero-order valence-corrected chi connectivity index (χ0v) is 18.0. The Morgan fingerprint density at radius 3 is 2.67 bits per heavy atom. The first-order valence-electron chi connectivity index (χ1n) is 11.0. The third-order valence-corrected chi connectivity index (χ3v) is 5.87. The third kappa shape index (κ3) is 4.45. The largest absolute Gasteiger partial charge is 0.491 e. The first-order valence-corrected chi connectivity index (χ1v) is 11.0. The van der Waals surface area contributed by atoms with Crippen molar-refractivity contribution < 1.29 is 19.0 Å². The number of aliphatic hydroxyl groups is 1. The Balaban J connectivity index is 1.39. The first kappa shape index (κ1) is 21.2. The molecule has 1 aromatic heterocycles. The van der Waals surface area contributed by atoms with E-state index in [0.717, 1.165) is 16.9 Å². The van der Waals surface area contributed by atoms with Gasteiger partial charge in [-0.3, -0.25) is 4.79 Å². The number of benzene rings is 3. The molecular formula is C26H24FN3O3. The number of para-hydroxylation sites is 3. The van der Waals surface area contributed by atoms with Crippen LogP contribution in [0.4, 0.5) is 10.1 Å². The van der Waals surface area contributed by atoms with Gasteiger partial charge in [0.25, 0.3) is 0 Å². The van der Waals surface area contributed by atoms with Gasteiger partial charge in [0.05, 0.1) is 17.6 Å². The van der Waals surface area contributed by atoms with Gasteiger partial charge in [-0.05, 0) is 42.5 Å². The van der Waals surface area contributed by atoms with Crippen molar-refractivity contribution in [2.24, 2.45) is 0 Å². The van der Waals surface area contributed by atoms with Gasteiger partial charge in [-0.2, -0.15) is 0 Å². The number of nitrogens with zero attached hydrogens (tertiary/aromatic N) is 3. The molecule has 7 heteroatoms. The van der Waals surface area contributed by atoms with Crippen LogP contribution >= 0.6 is 0 Å². The zero-order valence-electron chi connectivity index (χ0n) is 18.0. The van der Waals surface area contributed by atoms with Gasteiger partial charge in [0, 0.05) is 24.6 Å². The molecule has 1 N–H and O–H groups in total. The summed E-state index contributed by atoms with van der Waals surface area (Å²) in [7, 11) is 0. The van der Waals surface area contributed by atoms with Crippen LogP contribution in [0.25, 0.3) is 11.0 Å². The van der Waals surface area contributed by atoms with Crippen molar-refractivity contribution in [2.75, 3.05) is 18.1 Å². The van der Waals surface area contributed by atoms with Crippen molar-refractivity contribution in [1.82, 2.24) is 9.55 Å². The molecular weight excluding hydrogens is 421 g/mol. The Morgan fingerprint density at radius 1 is 1.06 bits per heavy atom. The lowest BCUT2D eigenvalue weighted by Gasteiger charge is -2.19. The number of ether oxygens (including phenoxy) is 1. The Bertz CT molecular complexity index is 1270. The van der Waals surface area contributed by atoms with Crippen LogP contribution in [-0.2, 0) is 11.3 Å². The number of amides is 1. The first-order chi connectivity index (χ1) is 16.1. The lowest BCUT2D eigenvalue weighted by atomic mass is 10.1. The van der Waals surface area contributed by atoms with E-state index in [1.807, 2.05) is 59.2 Å². The molecule has 1 aliphatic rings. The van der Waals surface area contributed by atoms with Gasteiger partial charge in [0.2, 0.25) is 5.91 Å². The molecule has 1 amide bonds. The van der Waals surface area contributed by atoms with Crippen molar-refractivity contribution in [3.8, 4) is 5.75 Å². The van der Waals surface area contributed by atoms with Crippen LogP contribution in [0.5, 0.6) is 5.75 Å². The molecule has 1 saturated heterocycles. The summed E-state index contributed by atoms with van der Waals surface area (Å²) in [5.74, 6) is 0.812. The molecule has 3 aromatic carbocycles. The number of carbonyl (C=O) groups excluding carboxylic acids is 1. The van der Waals surface area contributed by atoms with Crippen LogP contribution in [0.15, 0.2) is 78.9 Å². The number of carbonyl (C=O) groups is 1. The highest BCUT2D eigenvalue weighted by atomic mass is 19.1. The second-order valence-corrected chi connectivity index (χ2v) is 8.23. The number of aromatic nitrogens is 2. The van der Waals surface area contributed by atoms with Gasteiger partial charge >= 0.3 is 0 Å². The van der Waals surface area contributed by atoms with Crippen LogP contribution in [0, 0.1) is 5.82 Å². The van der Waals surface area contributed by atoms with E-state index in [9.17, 15) is 14.3 Å². The second kappa shape index (κ2) is 9.03. The number of anilines is 1. The maximum Gasteiger partial charge on any atom is 0.227 e. The maximum absolute atomic E-state index is 13.7. The van der Waals surface area contributed by atoms with Crippen molar-refractivity contribution in [3.05, 3.63) is 90.5 Å². The fraction of sp³-hybridized carbons (Fsp3) is 0.231. The molecule has 0 spiro atoms. The van der Waals surface area contributed by atoms with E-state index in [-0.39, 0.29) is 37.2 Å². The topological polar surface area (TPSA) is 67.6 Å². The summed E-state index contributed by atoms with van der Waals surface area (Å²) in [6.45, 7) is 0.824. The number of imidazole rings is 1. The lowest BCUT2D eigenvalue weighted by Crippen LogP contribution is -2.26. The highest BCUT2D eigenvalue weighted by Gasteiger charge is 2.35. The molecule has 0 unspecified atom stereocenters. The molecule has 0 bridgehead atoms. The van der Waals surface area contributed by atoms with Crippen molar-refractivity contribution in [3.63, 3.8) is 0 Å². The van der Waals surface area contributed by atoms with E-state index in [4.69, 9.17) is 9.72 Å². The zero-order chi connectivity index (χ0) is 22.8. The summed E-state index contributed by atoms with van der Waals surface area (Å²) in [4.78, 5) is 19.2. The molecule has 5 rings (SSSR count). The van der Waals surface area contributed by atoms with Gasteiger partial charge < -0.3 is 19.3 Å². The SMILES string of the molecule is O=C1C[C@H](c2nc3ccccc3n2C[C@H](O)COc2ccccc2)CN1c1cccc(F)c1. The molecule has 33 heavy (non-hydrogen) atoms. The van der Waals surface area contributed by atoms with Gasteiger partial charge in [-0.15, -0.1) is 0 Å². The fourth-order valence-corrected chi connectivity index (χ4v) is 4.34. The lowest BCUT2D eigenvalue weighted by molar-refractivity contribution is -0.117. The summed E-state index contributed by atoms with van der Waals surface area (Å²) in [6.07, 6.45) is -0.491. The number of hydrogen-bond acceptors (Lipinski definition) is 4. The summed E-state index contributed by atoms with van der Waals surface area (Å²) >= 11 is 0. The van der Waals surface area contributed by atoms with Crippen molar-refractivity contribution in [2.45, 2.75) is 25.0 Å². The quantitative estimate of drug-likeness (QED) is 0.464. The molecule has 4 aromatic rings. The van der Waals surface area contributed by atoms with E-state index in [1.165, 1.54) is 12.1 Å². The Morgan fingerprint density at radius 2 is 1.85 bits per heavy atom. The average Bonchev–Trinajstić information content (AvgIpc) is 3.39.